The maximum absolute atomic E-state index is 6.04. The lowest BCUT2D eigenvalue weighted by molar-refractivity contribution is 0.442. The van der Waals surface area contributed by atoms with Crippen LogP contribution in [0.5, 0.6) is 0 Å². The van der Waals surface area contributed by atoms with Crippen LogP contribution < -0.4 is 11.3 Å². The number of nitrogens with zero attached hydrogens (tertiary/aromatic N) is 1. The summed E-state index contributed by atoms with van der Waals surface area (Å²) < 4.78 is 0.927. The largest absolute Gasteiger partial charge is 0.308 e. The van der Waals surface area contributed by atoms with Gasteiger partial charge in [-0.15, -0.1) is 0 Å². The van der Waals surface area contributed by atoms with E-state index in [1.807, 2.05) is 18.2 Å². The van der Waals surface area contributed by atoms with Crippen molar-refractivity contribution in [3.8, 4) is 0 Å². The summed E-state index contributed by atoms with van der Waals surface area (Å²) in [5, 5.41) is 0.672. The molecule has 2 rings (SSSR count). The van der Waals surface area contributed by atoms with Gasteiger partial charge in [-0.05, 0) is 31.0 Å². The summed E-state index contributed by atoms with van der Waals surface area (Å²) in [5.74, 6) is 6.30. The molecule has 1 fully saturated rings. The maximum Gasteiger partial charge on any atom is 0.142 e. The molecule has 98 valence electrons. The number of amidine groups is 1. The van der Waals surface area contributed by atoms with Gasteiger partial charge in [0.05, 0.1) is 6.04 Å². The zero-order valence-corrected chi connectivity index (χ0v) is 12.5. The smallest absolute Gasteiger partial charge is 0.142 e. The zero-order valence-electron chi connectivity index (χ0n) is 10.1. The second-order valence-electron chi connectivity index (χ2n) is 4.57. The van der Waals surface area contributed by atoms with Crippen LogP contribution in [0.25, 0.3) is 0 Å². The third-order valence-electron chi connectivity index (χ3n) is 3.16. The average Bonchev–Trinajstić information content (AvgIpc) is 2.36. The van der Waals surface area contributed by atoms with Crippen molar-refractivity contribution < 1.29 is 0 Å². The molecule has 1 aromatic carbocycles. The Hall–Kier alpha value is -0.580. The molecular weight excluding hydrogens is 314 g/mol. The third-order valence-corrected chi connectivity index (χ3v) is 3.84. The van der Waals surface area contributed by atoms with Crippen LogP contribution in [0.4, 0.5) is 0 Å². The first-order valence-corrected chi connectivity index (χ1v) is 7.37. The van der Waals surface area contributed by atoms with Gasteiger partial charge in [-0.3, -0.25) is 4.99 Å². The first-order chi connectivity index (χ1) is 8.69. The van der Waals surface area contributed by atoms with Crippen molar-refractivity contribution >= 4 is 33.4 Å². The maximum atomic E-state index is 6.04. The van der Waals surface area contributed by atoms with Gasteiger partial charge in [-0.1, -0.05) is 46.8 Å². The number of hydrazine groups is 1. The highest BCUT2D eigenvalue weighted by Crippen LogP contribution is 2.23. The summed E-state index contributed by atoms with van der Waals surface area (Å²) in [7, 11) is 0. The van der Waals surface area contributed by atoms with E-state index in [-0.39, 0.29) is 0 Å². The minimum Gasteiger partial charge on any atom is -0.308 e. The molecule has 0 heterocycles. The molecule has 0 aromatic heterocycles. The van der Waals surface area contributed by atoms with Gasteiger partial charge in [0.1, 0.15) is 5.84 Å². The van der Waals surface area contributed by atoms with Crippen LogP contribution in [0.3, 0.4) is 0 Å². The van der Waals surface area contributed by atoms with Crippen molar-refractivity contribution in [3.05, 3.63) is 33.3 Å². The highest BCUT2D eigenvalue weighted by Gasteiger charge is 2.14. The molecule has 3 nitrogen and oxygen atoms in total. The lowest BCUT2D eigenvalue weighted by Gasteiger charge is -2.19. The van der Waals surface area contributed by atoms with Crippen molar-refractivity contribution in [2.75, 3.05) is 0 Å². The van der Waals surface area contributed by atoms with Crippen LogP contribution in [0.2, 0.25) is 5.02 Å². The van der Waals surface area contributed by atoms with Crippen LogP contribution in [-0.2, 0) is 0 Å². The van der Waals surface area contributed by atoms with Crippen LogP contribution in [0, 0.1) is 0 Å². The molecular formula is C13H17BrClN3. The molecule has 1 saturated carbocycles. The summed E-state index contributed by atoms with van der Waals surface area (Å²) >= 11 is 9.47. The van der Waals surface area contributed by atoms with Gasteiger partial charge in [-0.25, -0.2) is 5.84 Å². The standard InChI is InChI=1S/C13H17BrClN3/c14-10-6-9(7-11(15)8-10)13(18-16)17-12-4-2-1-3-5-12/h6-8,12H,1-5,16H2,(H,17,18). The SMILES string of the molecule is NNC(=NC1CCCCC1)c1cc(Cl)cc(Br)c1. The number of nitrogens with two attached hydrogens (primary N) is 1. The Balaban J connectivity index is 2.23. The third kappa shape index (κ3) is 3.70. The molecule has 18 heavy (non-hydrogen) atoms. The summed E-state index contributed by atoms with van der Waals surface area (Å²) in [6, 6.07) is 6.06. The highest BCUT2D eigenvalue weighted by atomic mass is 79.9. The minimum absolute atomic E-state index is 0.377. The lowest BCUT2D eigenvalue weighted by atomic mass is 9.96. The first kappa shape index (κ1) is 13.8. The molecule has 0 saturated heterocycles. The van der Waals surface area contributed by atoms with E-state index in [0.717, 1.165) is 22.9 Å². The molecule has 1 aromatic rings. The van der Waals surface area contributed by atoms with Crippen LogP contribution >= 0.6 is 27.5 Å². The van der Waals surface area contributed by atoms with Crippen molar-refractivity contribution in [1.82, 2.24) is 5.43 Å². The molecule has 0 unspecified atom stereocenters. The van der Waals surface area contributed by atoms with E-state index in [9.17, 15) is 0 Å². The molecule has 0 aliphatic heterocycles. The zero-order chi connectivity index (χ0) is 13.0. The van der Waals surface area contributed by atoms with Crippen molar-refractivity contribution in [3.63, 3.8) is 0 Å². The van der Waals surface area contributed by atoms with Gasteiger partial charge in [0.25, 0.3) is 0 Å². The first-order valence-electron chi connectivity index (χ1n) is 6.20. The highest BCUT2D eigenvalue weighted by molar-refractivity contribution is 9.10. The van der Waals surface area contributed by atoms with Gasteiger partial charge in [0.2, 0.25) is 0 Å². The van der Waals surface area contributed by atoms with Crippen molar-refractivity contribution in [2.45, 2.75) is 38.1 Å². The molecule has 3 N–H and O–H groups in total. The van der Waals surface area contributed by atoms with Crippen molar-refractivity contribution in [1.29, 1.82) is 0 Å². The molecule has 0 amide bonds. The number of hydrogen-bond donors (Lipinski definition) is 2. The number of rotatable bonds is 2. The van der Waals surface area contributed by atoms with Gasteiger partial charge in [0.15, 0.2) is 0 Å². The molecule has 5 heteroatoms. The predicted octanol–water partition coefficient (Wildman–Crippen LogP) is 3.65. The van der Waals surface area contributed by atoms with E-state index in [2.05, 4.69) is 21.4 Å². The number of hydrogen-bond acceptors (Lipinski definition) is 2. The molecule has 0 atom stereocenters. The van der Waals surface area contributed by atoms with E-state index in [4.69, 9.17) is 22.4 Å². The predicted molar refractivity (Wildman–Crippen MR) is 79.9 cm³/mol. The summed E-state index contributed by atoms with van der Waals surface area (Å²) in [5.41, 5.74) is 3.61. The Labute approximate surface area is 121 Å². The molecule has 0 bridgehead atoms. The van der Waals surface area contributed by atoms with Gasteiger partial charge in [0, 0.05) is 15.1 Å². The topological polar surface area (TPSA) is 50.4 Å². The normalized spacial score (nSPS) is 17.8. The lowest BCUT2D eigenvalue weighted by Crippen LogP contribution is -2.32. The molecule has 0 radical (unpaired) electrons. The fourth-order valence-corrected chi connectivity index (χ4v) is 3.14. The summed E-state index contributed by atoms with van der Waals surface area (Å²) in [6.07, 6.45) is 6.12. The number of aliphatic imine (C=N–C) groups is 1. The average molecular weight is 331 g/mol. The monoisotopic (exact) mass is 329 g/mol. The van der Waals surface area contributed by atoms with Crippen LogP contribution in [-0.4, -0.2) is 11.9 Å². The molecule has 1 aliphatic rings. The summed E-state index contributed by atoms with van der Waals surface area (Å²) in [6.45, 7) is 0. The van der Waals surface area contributed by atoms with Gasteiger partial charge in [-0.2, -0.15) is 0 Å². The van der Waals surface area contributed by atoms with E-state index < -0.39 is 0 Å². The number of halogens is 2. The van der Waals surface area contributed by atoms with Gasteiger partial charge >= 0.3 is 0 Å². The quantitative estimate of drug-likeness (QED) is 0.376. The van der Waals surface area contributed by atoms with E-state index >= 15 is 0 Å². The fraction of sp³-hybridized carbons (Fsp3) is 0.462. The van der Waals surface area contributed by atoms with Crippen molar-refractivity contribution in [2.24, 2.45) is 10.8 Å². The van der Waals surface area contributed by atoms with E-state index in [1.54, 1.807) is 0 Å². The number of benzene rings is 1. The second-order valence-corrected chi connectivity index (χ2v) is 5.92. The van der Waals surface area contributed by atoms with E-state index in [1.165, 1.54) is 19.3 Å². The Bertz CT molecular complexity index is 422. The van der Waals surface area contributed by atoms with Crippen LogP contribution in [0.15, 0.2) is 27.7 Å². The second kappa shape index (κ2) is 6.55. The van der Waals surface area contributed by atoms with E-state index in [0.29, 0.717) is 16.9 Å². The Morgan fingerprint density at radius 1 is 1.28 bits per heavy atom. The van der Waals surface area contributed by atoms with Crippen LogP contribution in [0.1, 0.15) is 37.7 Å². The molecule has 1 aliphatic carbocycles. The van der Waals surface area contributed by atoms with Gasteiger partial charge < -0.3 is 5.43 Å². The summed E-state index contributed by atoms with van der Waals surface area (Å²) in [4.78, 5) is 4.71. The Kier molecular flexibility index (Phi) is 5.03. The Morgan fingerprint density at radius 2 is 2.00 bits per heavy atom. The minimum atomic E-state index is 0.377. The Morgan fingerprint density at radius 3 is 2.61 bits per heavy atom. The number of nitrogens with one attached hydrogen (secondary N) is 1. The fourth-order valence-electron chi connectivity index (χ4n) is 2.28. The molecule has 0 spiro atoms.